The third-order valence-corrected chi connectivity index (χ3v) is 5.59. The van der Waals surface area contributed by atoms with Crippen LogP contribution in [0.5, 0.6) is 0 Å². The Kier molecular flexibility index (Phi) is 3.80. The summed E-state index contributed by atoms with van der Waals surface area (Å²) in [5.74, 6) is -0.861. The van der Waals surface area contributed by atoms with Crippen LogP contribution in [0.15, 0.2) is 29.3 Å². The smallest absolute Gasteiger partial charge is 0.332 e. The van der Waals surface area contributed by atoms with Gasteiger partial charge in [-0.1, -0.05) is 0 Å². The molecule has 0 spiro atoms. The highest BCUT2D eigenvalue weighted by molar-refractivity contribution is 8.16. The molecule has 14 heteroatoms. The number of nitrogens with zero attached hydrogens (tertiary/aromatic N) is 7. The van der Waals surface area contributed by atoms with Gasteiger partial charge in [-0.15, -0.1) is 0 Å². The van der Waals surface area contributed by atoms with Crippen LogP contribution in [-0.4, -0.2) is 38.8 Å². The summed E-state index contributed by atoms with van der Waals surface area (Å²) in [5.41, 5.74) is 2.82. The van der Waals surface area contributed by atoms with Crippen molar-refractivity contribution >= 4 is 45.4 Å². The number of aromatic nitrogens is 6. The van der Waals surface area contributed by atoms with Crippen molar-refractivity contribution in [2.45, 2.75) is 5.16 Å². The number of carbonyl (C=O) groups is 1. The normalized spacial score (nSPS) is 14.9. The van der Waals surface area contributed by atoms with Crippen molar-refractivity contribution in [3.8, 4) is 0 Å². The lowest BCUT2D eigenvalue weighted by Gasteiger charge is -2.09. The predicted octanol–water partition coefficient (Wildman–Crippen LogP) is -2.11. The summed E-state index contributed by atoms with van der Waals surface area (Å²) in [6.45, 7) is 0. The van der Waals surface area contributed by atoms with Gasteiger partial charge in [0, 0.05) is 28.2 Å². The summed E-state index contributed by atoms with van der Waals surface area (Å²) in [6.07, 6.45) is 0. The second-order valence-corrected chi connectivity index (χ2v) is 7.33. The number of carbonyl (C=O) groups excluding carboxylic acids is 1. The molecule has 0 saturated carbocycles. The minimum atomic E-state index is -0.741. The van der Waals surface area contributed by atoms with E-state index in [1.807, 2.05) is 0 Å². The van der Waals surface area contributed by atoms with Gasteiger partial charge in [-0.05, 0) is 11.8 Å². The quantitative estimate of drug-likeness (QED) is 0.469. The number of nitrogen functional groups attached to an aromatic ring is 1. The van der Waals surface area contributed by atoms with Gasteiger partial charge >= 0.3 is 11.4 Å². The monoisotopic (exact) mass is 418 g/mol. The van der Waals surface area contributed by atoms with E-state index in [1.54, 1.807) is 0 Å². The maximum atomic E-state index is 12.9. The highest BCUT2D eigenvalue weighted by atomic mass is 32.2. The summed E-state index contributed by atoms with van der Waals surface area (Å²) < 4.78 is 4.95. The molecule has 3 aromatic rings. The van der Waals surface area contributed by atoms with Crippen LogP contribution >= 0.6 is 11.8 Å². The Morgan fingerprint density at radius 2 is 1.45 bits per heavy atom. The predicted molar refractivity (Wildman–Crippen MR) is 105 cm³/mol. The Morgan fingerprint density at radius 3 is 2.10 bits per heavy atom. The third-order valence-electron chi connectivity index (χ3n) is 4.68. The Labute approximate surface area is 164 Å². The van der Waals surface area contributed by atoms with Crippen molar-refractivity contribution in [2.24, 2.45) is 33.2 Å². The van der Waals surface area contributed by atoms with E-state index in [4.69, 9.17) is 5.73 Å². The first-order valence-corrected chi connectivity index (χ1v) is 8.93. The third kappa shape index (κ3) is 2.32. The number of aliphatic imine (C=N–C) groups is 1. The highest BCUT2D eigenvalue weighted by Gasteiger charge is 2.34. The molecule has 0 amide bonds. The van der Waals surface area contributed by atoms with Crippen LogP contribution in [0.1, 0.15) is 4.79 Å². The van der Waals surface area contributed by atoms with Crippen LogP contribution in [-0.2, 0) is 28.2 Å². The number of hydrogen-bond acceptors (Lipinski definition) is 9. The van der Waals surface area contributed by atoms with E-state index in [0.717, 1.165) is 34.6 Å². The van der Waals surface area contributed by atoms with E-state index in [9.17, 15) is 24.0 Å². The molecule has 0 aliphatic carbocycles. The van der Waals surface area contributed by atoms with Crippen molar-refractivity contribution in [3.05, 3.63) is 41.7 Å². The van der Waals surface area contributed by atoms with Crippen LogP contribution in [0.2, 0.25) is 0 Å². The largest absolute Gasteiger partial charge is 0.391 e. The maximum Gasteiger partial charge on any atom is 0.332 e. The van der Waals surface area contributed by atoms with Crippen LogP contribution in [0.25, 0.3) is 11.2 Å². The van der Waals surface area contributed by atoms with Crippen molar-refractivity contribution in [3.63, 3.8) is 0 Å². The minimum absolute atomic E-state index is 0.0634. The van der Waals surface area contributed by atoms with Crippen molar-refractivity contribution in [1.29, 1.82) is 0 Å². The first kappa shape index (κ1) is 18.7. The SMILES string of the molecule is Cn1c(N=C2Sc3nc4c(c(=O)n(C)c(=O)n4C)n3C2=O)c(N)c(=O)n(C)c1=O. The van der Waals surface area contributed by atoms with Gasteiger partial charge in [0.2, 0.25) is 0 Å². The first-order valence-electron chi connectivity index (χ1n) is 8.11. The van der Waals surface area contributed by atoms with Crippen molar-refractivity contribution in [1.82, 2.24) is 27.8 Å². The maximum absolute atomic E-state index is 12.9. The standard InChI is InChI=1S/C15H14N8O5S/c1-19-7(5(16)10(24)21(3)14(19)27)17-9-12(26)23-6-8(18-13(23)29-9)20(2)15(28)22(4)11(6)25/h16H2,1-4H3. The first-order chi connectivity index (χ1) is 13.6. The van der Waals surface area contributed by atoms with Crippen LogP contribution in [0.3, 0.4) is 0 Å². The van der Waals surface area contributed by atoms with Gasteiger partial charge in [0.25, 0.3) is 17.0 Å². The molecule has 1 aliphatic heterocycles. The Bertz CT molecular complexity index is 1490. The molecule has 0 fully saturated rings. The molecule has 13 nitrogen and oxygen atoms in total. The van der Waals surface area contributed by atoms with Crippen molar-refractivity contribution < 1.29 is 4.79 Å². The minimum Gasteiger partial charge on any atom is -0.391 e. The fourth-order valence-corrected chi connectivity index (χ4v) is 3.90. The Hall–Kier alpha value is -3.68. The second-order valence-electron chi connectivity index (χ2n) is 6.37. The molecule has 2 N–H and O–H groups in total. The topological polar surface area (TPSA) is 161 Å². The molecular weight excluding hydrogens is 404 g/mol. The van der Waals surface area contributed by atoms with Gasteiger partial charge in [-0.2, -0.15) is 0 Å². The van der Waals surface area contributed by atoms with E-state index in [-0.39, 0.29) is 32.9 Å². The van der Waals surface area contributed by atoms with E-state index >= 15 is 0 Å². The van der Waals surface area contributed by atoms with Gasteiger partial charge < -0.3 is 5.73 Å². The number of thioether (sulfide) groups is 1. The zero-order valence-corrected chi connectivity index (χ0v) is 16.5. The zero-order chi connectivity index (χ0) is 21.4. The van der Waals surface area contributed by atoms with Gasteiger partial charge in [-0.3, -0.25) is 32.7 Å². The van der Waals surface area contributed by atoms with Gasteiger partial charge in [0.1, 0.15) is 5.69 Å². The summed E-state index contributed by atoms with van der Waals surface area (Å²) in [4.78, 5) is 70.0. The molecule has 0 saturated heterocycles. The Balaban J connectivity index is 1.97. The average Bonchev–Trinajstić information content (AvgIpc) is 3.21. The summed E-state index contributed by atoms with van der Waals surface area (Å²) in [6, 6.07) is 0. The molecule has 29 heavy (non-hydrogen) atoms. The molecule has 0 atom stereocenters. The fourth-order valence-electron chi connectivity index (χ4n) is 3.02. The molecule has 0 aromatic carbocycles. The summed E-state index contributed by atoms with van der Waals surface area (Å²) in [7, 11) is 5.37. The second kappa shape index (κ2) is 5.91. The highest BCUT2D eigenvalue weighted by Crippen LogP contribution is 2.32. The molecule has 3 aromatic heterocycles. The van der Waals surface area contributed by atoms with Crippen molar-refractivity contribution in [2.75, 3.05) is 5.73 Å². The van der Waals surface area contributed by atoms with Crippen LogP contribution < -0.4 is 28.2 Å². The average molecular weight is 418 g/mol. The number of imidazole rings is 1. The lowest BCUT2D eigenvalue weighted by Crippen LogP contribution is -2.38. The fraction of sp³-hybridized carbons (Fsp3) is 0.267. The molecular formula is C15H14N8O5S. The number of rotatable bonds is 1. The molecule has 0 radical (unpaired) electrons. The molecule has 150 valence electrons. The lowest BCUT2D eigenvalue weighted by atomic mass is 10.4. The van der Waals surface area contributed by atoms with Crippen LogP contribution in [0.4, 0.5) is 11.5 Å². The molecule has 4 rings (SSSR count). The number of aryl methyl sites for hydroxylation is 1. The summed E-state index contributed by atoms with van der Waals surface area (Å²) >= 11 is 0.836. The van der Waals surface area contributed by atoms with Gasteiger partial charge in [-0.25, -0.2) is 24.1 Å². The number of nitrogens with two attached hydrogens (primary N) is 1. The molecule has 0 bridgehead atoms. The van der Waals surface area contributed by atoms with Gasteiger partial charge in [0.15, 0.2) is 27.2 Å². The number of anilines is 1. The molecule has 4 heterocycles. The number of fused-ring (bicyclic) bond motifs is 3. The van der Waals surface area contributed by atoms with E-state index in [1.165, 1.54) is 28.2 Å². The molecule has 1 aliphatic rings. The van der Waals surface area contributed by atoms with E-state index in [2.05, 4.69) is 9.98 Å². The van der Waals surface area contributed by atoms with E-state index < -0.39 is 28.4 Å². The zero-order valence-electron chi connectivity index (χ0n) is 15.7. The van der Waals surface area contributed by atoms with Gasteiger partial charge in [0.05, 0.1) is 0 Å². The number of hydrogen-bond donors (Lipinski definition) is 1. The Morgan fingerprint density at radius 1 is 0.862 bits per heavy atom. The van der Waals surface area contributed by atoms with Crippen LogP contribution in [0, 0.1) is 0 Å². The molecule has 0 unspecified atom stereocenters. The lowest BCUT2D eigenvalue weighted by molar-refractivity contribution is 0.0992. The summed E-state index contributed by atoms with van der Waals surface area (Å²) in [5, 5.41) is 0.00899. The van der Waals surface area contributed by atoms with E-state index in [0.29, 0.717) is 0 Å².